The molecule has 0 unspecified atom stereocenters. The van der Waals surface area contributed by atoms with Crippen LogP contribution in [0.3, 0.4) is 0 Å². The van der Waals surface area contributed by atoms with Crippen molar-refractivity contribution in [2.75, 3.05) is 24.7 Å². The van der Waals surface area contributed by atoms with Crippen molar-refractivity contribution >= 4 is 49.6 Å². The van der Waals surface area contributed by atoms with Crippen LogP contribution in [0.4, 0.5) is 24.5 Å². The summed E-state index contributed by atoms with van der Waals surface area (Å²) >= 11 is 6.12. The molecule has 3 heterocycles. The highest BCUT2D eigenvalue weighted by atomic mass is 35.5. The highest BCUT2D eigenvalue weighted by Crippen LogP contribution is 2.35. The summed E-state index contributed by atoms with van der Waals surface area (Å²) in [5.41, 5.74) is 7.49. The fourth-order valence-corrected chi connectivity index (χ4v) is 5.19. The fraction of sp³-hybridized carbons (Fsp3) is 0.292. The summed E-state index contributed by atoms with van der Waals surface area (Å²) in [4.78, 5) is 3.77. The van der Waals surface area contributed by atoms with E-state index >= 15 is 0 Å². The molecule has 0 aliphatic carbocycles. The second kappa shape index (κ2) is 10.1. The molecule has 0 amide bonds. The van der Waals surface area contributed by atoms with Crippen LogP contribution in [0.1, 0.15) is 17.7 Å². The lowest BCUT2D eigenvalue weighted by molar-refractivity contribution is -0.140. The smallest absolute Gasteiger partial charge is 0.433 e. The maximum absolute atomic E-state index is 13.5. The number of aromatic nitrogens is 1. The van der Waals surface area contributed by atoms with E-state index in [1.165, 1.54) is 12.1 Å². The molecule has 14 heteroatoms. The Balaban J connectivity index is 1.34. The number of hydrazine groups is 2. The van der Waals surface area contributed by atoms with Crippen molar-refractivity contribution in [3.8, 4) is 0 Å². The van der Waals surface area contributed by atoms with Crippen molar-refractivity contribution in [1.82, 2.24) is 26.3 Å². The summed E-state index contributed by atoms with van der Waals surface area (Å²) < 4.78 is 67.3. The van der Waals surface area contributed by atoms with Gasteiger partial charge < -0.3 is 20.8 Å². The molecule has 1 fully saturated rings. The van der Waals surface area contributed by atoms with Crippen LogP contribution in [0.5, 0.6) is 0 Å². The Morgan fingerprint density at radius 2 is 1.97 bits per heavy atom. The first kappa shape index (κ1) is 26.4. The molecule has 2 aromatic carbocycles. The third kappa shape index (κ3) is 6.07. The number of sulfonamides is 1. The molecule has 2 aliphatic heterocycles. The van der Waals surface area contributed by atoms with Gasteiger partial charge in [-0.1, -0.05) is 35.9 Å². The van der Waals surface area contributed by atoms with Gasteiger partial charge in [-0.05, 0) is 36.2 Å². The number of anilines is 1. The van der Waals surface area contributed by atoms with Crippen molar-refractivity contribution in [2.24, 2.45) is 0 Å². The summed E-state index contributed by atoms with van der Waals surface area (Å²) in [5, 5.41) is 9.38. The van der Waals surface area contributed by atoms with E-state index in [2.05, 4.69) is 31.3 Å². The van der Waals surface area contributed by atoms with Gasteiger partial charge in [-0.15, -0.1) is 11.2 Å². The largest absolute Gasteiger partial charge is 0.577 e. The van der Waals surface area contributed by atoms with Gasteiger partial charge in [-0.25, -0.2) is 13.4 Å². The molecule has 0 bridgehead atoms. The Morgan fingerprint density at radius 3 is 2.74 bits per heavy atom. The third-order valence-electron chi connectivity index (χ3n) is 6.16. The predicted octanol–water partition coefficient (Wildman–Crippen LogP) is 4.34. The first-order valence-electron chi connectivity index (χ1n) is 11.6. The van der Waals surface area contributed by atoms with E-state index in [1.807, 2.05) is 17.3 Å². The highest BCUT2D eigenvalue weighted by molar-refractivity contribution is 7.93. The number of alkyl halides is 3. The molecule has 202 valence electrons. The van der Waals surface area contributed by atoms with Crippen LogP contribution in [-0.2, 0) is 16.2 Å². The molecule has 3 aromatic rings. The number of benzene rings is 2. The van der Waals surface area contributed by atoms with Crippen LogP contribution in [0.2, 0.25) is 5.02 Å². The van der Waals surface area contributed by atoms with Gasteiger partial charge in [0.2, 0.25) is 0 Å². The lowest BCUT2D eigenvalue weighted by Crippen LogP contribution is -2.55. The van der Waals surface area contributed by atoms with E-state index in [9.17, 15) is 21.6 Å². The zero-order chi connectivity index (χ0) is 27.1. The molecule has 0 radical (unpaired) electrons. The molecule has 0 spiro atoms. The molecule has 4 N–H and O–H groups in total. The van der Waals surface area contributed by atoms with Gasteiger partial charge in [0.25, 0.3) is 0 Å². The van der Waals surface area contributed by atoms with Crippen LogP contribution in [0, 0.1) is 0 Å². The number of hydrogen-bond acceptors (Lipinski definition) is 8. The van der Waals surface area contributed by atoms with Crippen LogP contribution in [0.15, 0.2) is 54.7 Å². The van der Waals surface area contributed by atoms with Gasteiger partial charge in [0.1, 0.15) is 5.69 Å². The SMILES string of the molecule is CS(=O)(=O)[N-]c1cccc(C2=CN([C@@H]3CNC[C@H](Nc4cc(C(F)(F)F)nc5ccc(Cl)cc45)C3)NN2)c1. The minimum atomic E-state index is -4.59. The van der Waals surface area contributed by atoms with Gasteiger partial charge in [-0.3, -0.25) is 5.01 Å². The second-order valence-corrected chi connectivity index (χ2v) is 11.2. The van der Waals surface area contributed by atoms with E-state index in [0.29, 0.717) is 41.3 Å². The lowest BCUT2D eigenvalue weighted by Gasteiger charge is -2.36. The van der Waals surface area contributed by atoms with Crippen LogP contribution in [-0.4, -0.2) is 49.8 Å². The molecule has 1 aromatic heterocycles. The Bertz CT molecular complexity index is 1500. The van der Waals surface area contributed by atoms with E-state index in [0.717, 1.165) is 23.6 Å². The van der Waals surface area contributed by atoms with Gasteiger partial charge in [0.05, 0.1) is 27.3 Å². The standard InChI is InChI=1S/C24H24ClF3N7O2S/c1-38(36,37)33-16-4-2-3-14(7-16)22-13-35(34-32-22)18-9-17(11-29-12-18)30-21-10-23(24(26,27)28)31-20-6-5-15(25)8-19(20)21/h2-8,10,13,17-18,29,32,34H,9,11-12H2,1H3,(H,30,31)/q-1/t17-,18+/m1/s1. The molecule has 9 nitrogen and oxygen atoms in total. The molecule has 0 saturated carbocycles. The Kier molecular flexibility index (Phi) is 7.03. The summed E-state index contributed by atoms with van der Waals surface area (Å²) in [6.45, 7) is 1.19. The van der Waals surface area contributed by atoms with Crippen molar-refractivity contribution in [3.63, 3.8) is 0 Å². The molecule has 1 saturated heterocycles. The number of nitrogens with one attached hydrogen (secondary N) is 4. The van der Waals surface area contributed by atoms with Crippen molar-refractivity contribution in [2.45, 2.75) is 24.7 Å². The molecule has 5 rings (SSSR count). The number of piperidine rings is 1. The summed E-state index contributed by atoms with van der Waals surface area (Å²) in [6, 6.07) is 12.2. The Hall–Kier alpha value is -3.26. The predicted molar refractivity (Wildman–Crippen MR) is 141 cm³/mol. The first-order valence-corrected chi connectivity index (χ1v) is 13.9. The molecule has 2 aliphatic rings. The van der Waals surface area contributed by atoms with E-state index < -0.39 is 21.9 Å². The van der Waals surface area contributed by atoms with Crippen molar-refractivity contribution in [3.05, 3.63) is 75.7 Å². The number of nitrogens with zero attached hydrogens (tertiary/aromatic N) is 3. The minimum Gasteiger partial charge on any atom is -0.577 e. The van der Waals surface area contributed by atoms with Crippen molar-refractivity contribution < 1.29 is 21.6 Å². The lowest BCUT2D eigenvalue weighted by atomic mass is 10.0. The summed E-state index contributed by atoms with van der Waals surface area (Å²) in [7, 11) is -3.53. The Morgan fingerprint density at radius 1 is 1.16 bits per heavy atom. The van der Waals surface area contributed by atoms with Crippen LogP contribution in [0.25, 0.3) is 21.3 Å². The zero-order valence-electron chi connectivity index (χ0n) is 20.1. The topological polar surface area (TPSA) is 112 Å². The molecular weight excluding hydrogens is 543 g/mol. The average Bonchev–Trinajstić information content (AvgIpc) is 3.33. The van der Waals surface area contributed by atoms with Gasteiger partial charge in [0.15, 0.2) is 0 Å². The van der Waals surface area contributed by atoms with E-state index in [1.54, 1.807) is 24.3 Å². The van der Waals surface area contributed by atoms with Crippen LogP contribution < -0.4 is 21.6 Å². The maximum Gasteiger partial charge on any atom is 0.433 e. The zero-order valence-corrected chi connectivity index (χ0v) is 21.6. The minimum absolute atomic E-state index is 0.0473. The Labute approximate surface area is 222 Å². The monoisotopic (exact) mass is 566 g/mol. The van der Waals surface area contributed by atoms with Gasteiger partial charge in [-0.2, -0.15) is 13.2 Å². The third-order valence-corrected chi connectivity index (χ3v) is 6.94. The average molecular weight is 567 g/mol. The molecular formula is C24H24ClF3N7O2S-. The highest BCUT2D eigenvalue weighted by Gasteiger charge is 2.34. The molecule has 38 heavy (non-hydrogen) atoms. The quantitative estimate of drug-likeness (QED) is 0.349. The number of rotatable bonds is 6. The first-order chi connectivity index (χ1) is 17.9. The second-order valence-electron chi connectivity index (χ2n) is 9.16. The molecule has 2 atom stereocenters. The van der Waals surface area contributed by atoms with Crippen LogP contribution >= 0.6 is 11.6 Å². The number of pyridine rings is 1. The summed E-state index contributed by atoms with van der Waals surface area (Å²) in [5.74, 6) is 0. The number of halogens is 4. The van der Waals surface area contributed by atoms with Gasteiger partial charge >= 0.3 is 6.18 Å². The normalized spacial score (nSPS) is 20.2. The van der Waals surface area contributed by atoms with Crippen molar-refractivity contribution in [1.29, 1.82) is 0 Å². The summed E-state index contributed by atoms with van der Waals surface area (Å²) in [6.07, 6.45) is -1.09. The maximum atomic E-state index is 13.5. The van der Waals surface area contributed by atoms with E-state index in [-0.39, 0.29) is 17.6 Å². The fourth-order valence-electron chi connectivity index (χ4n) is 4.52. The van der Waals surface area contributed by atoms with E-state index in [4.69, 9.17) is 11.6 Å². The number of fused-ring (bicyclic) bond motifs is 1. The van der Waals surface area contributed by atoms with Gasteiger partial charge in [0, 0.05) is 47.7 Å². The number of hydrogen-bond donors (Lipinski definition) is 4.